The van der Waals surface area contributed by atoms with E-state index in [1.54, 1.807) is 0 Å². The molecule has 1 unspecified atom stereocenters. The lowest BCUT2D eigenvalue weighted by Gasteiger charge is -2.21. The third kappa shape index (κ3) is 5.29. The van der Waals surface area contributed by atoms with Gasteiger partial charge in [-0.1, -0.05) is 36.2 Å². The van der Waals surface area contributed by atoms with E-state index in [-0.39, 0.29) is 11.5 Å². The summed E-state index contributed by atoms with van der Waals surface area (Å²) in [5.41, 5.74) is 6.65. The Bertz CT molecular complexity index is 444. The quantitative estimate of drug-likeness (QED) is 0.659. The number of nitrogens with one attached hydrogen (secondary N) is 1. The molecule has 1 rings (SSSR count). The summed E-state index contributed by atoms with van der Waals surface area (Å²) in [6.45, 7) is 8.66. The fraction of sp³-hybridized carbons (Fsp3) is 0.500. The van der Waals surface area contributed by atoms with Crippen LogP contribution in [-0.4, -0.2) is 18.0 Å². The van der Waals surface area contributed by atoms with Gasteiger partial charge in [-0.2, -0.15) is 0 Å². The largest absolute Gasteiger partial charge is 0.370 e. The number of halogens is 2. The first-order valence-electron chi connectivity index (χ1n) is 6.22. The summed E-state index contributed by atoms with van der Waals surface area (Å²) in [7, 11) is 0. The van der Waals surface area contributed by atoms with E-state index in [0.29, 0.717) is 22.5 Å². The molecule has 1 aromatic carbocycles. The van der Waals surface area contributed by atoms with E-state index in [2.05, 4.69) is 10.3 Å². The van der Waals surface area contributed by atoms with Gasteiger partial charge >= 0.3 is 0 Å². The second-order valence-corrected chi connectivity index (χ2v) is 6.45. The molecule has 0 bridgehead atoms. The molecule has 0 fully saturated rings. The number of nitrogens with two attached hydrogens (primary N) is 1. The van der Waals surface area contributed by atoms with Crippen LogP contribution < -0.4 is 11.1 Å². The lowest BCUT2D eigenvalue weighted by Crippen LogP contribution is -2.45. The van der Waals surface area contributed by atoms with Crippen LogP contribution in [0, 0.1) is 0 Å². The molecule has 0 saturated heterocycles. The molecule has 1 atom stereocenters. The highest BCUT2D eigenvalue weighted by atomic mass is 35.5. The molecule has 0 aliphatic heterocycles. The lowest BCUT2D eigenvalue weighted by molar-refractivity contribution is 0.507. The van der Waals surface area contributed by atoms with Crippen molar-refractivity contribution in [3.8, 4) is 0 Å². The molecule has 106 valence electrons. The fourth-order valence-electron chi connectivity index (χ4n) is 1.73. The van der Waals surface area contributed by atoms with Crippen LogP contribution >= 0.6 is 23.2 Å². The molecular formula is C14H21Cl2N3. The van der Waals surface area contributed by atoms with Gasteiger partial charge in [-0.25, -0.2) is 0 Å². The smallest absolute Gasteiger partial charge is 0.189 e. The van der Waals surface area contributed by atoms with Crippen molar-refractivity contribution in [2.75, 3.05) is 6.54 Å². The SMILES string of the molecule is CC(CN=C(N)NC(C)(C)C)c1c(Cl)cccc1Cl. The van der Waals surface area contributed by atoms with E-state index < -0.39 is 0 Å². The van der Waals surface area contributed by atoms with Gasteiger partial charge in [-0.15, -0.1) is 0 Å². The second-order valence-electron chi connectivity index (χ2n) is 5.64. The predicted octanol–water partition coefficient (Wildman–Crippen LogP) is 3.80. The first-order valence-corrected chi connectivity index (χ1v) is 6.98. The van der Waals surface area contributed by atoms with Crippen molar-refractivity contribution in [2.45, 2.75) is 39.2 Å². The van der Waals surface area contributed by atoms with Crippen LogP contribution in [0.3, 0.4) is 0 Å². The molecule has 3 nitrogen and oxygen atoms in total. The maximum atomic E-state index is 6.17. The van der Waals surface area contributed by atoms with Gasteiger partial charge in [0.1, 0.15) is 0 Å². The number of hydrogen-bond donors (Lipinski definition) is 2. The predicted molar refractivity (Wildman–Crippen MR) is 84.3 cm³/mol. The van der Waals surface area contributed by atoms with Gasteiger partial charge in [0.05, 0.1) is 0 Å². The van der Waals surface area contributed by atoms with Crippen molar-refractivity contribution in [2.24, 2.45) is 10.7 Å². The summed E-state index contributed by atoms with van der Waals surface area (Å²) in [4.78, 5) is 4.33. The summed E-state index contributed by atoms with van der Waals surface area (Å²) in [6.07, 6.45) is 0. The molecule has 0 saturated carbocycles. The minimum Gasteiger partial charge on any atom is -0.370 e. The van der Waals surface area contributed by atoms with E-state index in [1.807, 2.05) is 45.9 Å². The summed E-state index contributed by atoms with van der Waals surface area (Å²) in [5.74, 6) is 0.545. The Balaban J connectivity index is 2.75. The Labute approximate surface area is 125 Å². The van der Waals surface area contributed by atoms with Crippen molar-refractivity contribution < 1.29 is 0 Å². The Morgan fingerprint density at radius 1 is 1.32 bits per heavy atom. The van der Waals surface area contributed by atoms with E-state index in [0.717, 1.165) is 5.56 Å². The van der Waals surface area contributed by atoms with Crippen LogP contribution in [0.2, 0.25) is 10.0 Å². The number of benzene rings is 1. The highest BCUT2D eigenvalue weighted by molar-refractivity contribution is 6.36. The van der Waals surface area contributed by atoms with Gasteiger partial charge in [0, 0.05) is 28.0 Å². The minimum absolute atomic E-state index is 0.0984. The van der Waals surface area contributed by atoms with Crippen molar-refractivity contribution >= 4 is 29.2 Å². The molecule has 0 aliphatic carbocycles. The standard InChI is InChI=1S/C14H21Cl2N3/c1-9(8-18-13(17)19-14(2,3)4)12-10(15)6-5-7-11(12)16/h5-7,9H,8H2,1-4H3,(H3,17,18,19). The molecule has 0 heterocycles. The summed E-state index contributed by atoms with van der Waals surface area (Å²) in [6, 6.07) is 5.50. The first kappa shape index (κ1) is 16.1. The van der Waals surface area contributed by atoms with Gasteiger partial charge in [0.15, 0.2) is 5.96 Å². The number of hydrogen-bond acceptors (Lipinski definition) is 1. The number of aliphatic imine (C=N–C) groups is 1. The molecule has 0 radical (unpaired) electrons. The molecular weight excluding hydrogens is 281 g/mol. The third-order valence-corrected chi connectivity index (χ3v) is 3.19. The summed E-state index contributed by atoms with van der Waals surface area (Å²) in [5, 5.41) is 4.45. The van der Waals surface area contributed by atoms with Gasteiger partial charge in [0.25, 0.3) is 0 Å². The van der Waals surface area contributed by atoms with Crippen LogP contribution in [0.25, 0.3) is 0 Å². The highest BCUT2D eigenvalue weighted by Crippen LogP contribution is 2.31. The van der Waals surface area contributed by atoms with Crippen LogP contribution in [0.5, 0.6) is 0 Å². The third-order valence-electron chi connectivity index (χ3n) is 2.53. The molecule has 0 spiro atoms. The Kier molecular flexibility index (Phi) is 5.50. The molecule has 0 aromatic heterocycles. The maximum absolute atomic E-state index is 6.17. The van der Waals surface area contributed by atoms with E-state index in [9.17, 15) is 0 Å². The Morgan fingerprint density at radius 2 is 1.84 bits per heavy atom. The van der Waals surface area contributed by atoms with Crippen molar-refractivity contribution in [1.29, 1.82) is 0 Å². The maximum Gasteiger partial charge on any atom is 0.189 e. The molecule has 1 aromatic rings. The highest BCUT2D eigenvalue weighted by Gasteiger charge is 2.14. The van der Waals surface area contributed by atoms with Crippen molar-refractivity contribution in [3.63, 3.8) is 0 Å². The minimum atomic E-state index is -0.0984. The number of nitrogens with zero attached hydrogens (tertiary/aromatic N) is 1. The normalized spacial score (nSPS) is 14.3. The molecule has 0 amide bonds. The van der Waals surface area contributed by atoms with Crippen LogP contribution in [-0.2, 0) is 0 Å². The zero-order chi connectivity index (χ0) is 14.6. The van der Waals surface area contributed by atoms with Gasteiger partial charge in [-0.3, -0.25) is 4.99 Å². The van der Waals surface area contributed by atoms with Gasteiger partial charge < -0.3 is 11.1 Å². The van der Waals surface area contributed by atoms with Crippen LogP contribution in [0.4, 0.5) is 0 Å². The average Bonchev–Trinajstić information content (AvgIpc) is 2.23. The number of guanidine groups is 1. The van der Waals surface area contributed by atoms with Crippen LogP contribution in [0.15, 0.2) is 23.2 Å². The Morgan fingerprint density at radius 3 is 2.32 bits per heavy atom. The molecule has 5 heteroatoms. The first-order chi connectivity index (χ1) is 8.70. The fourth-order valence-corrected chi connectivity index (χ4v) is 2.50. The van der Waals surface area contributed by atoms with Gasteiger partial charge in [0.2, 0.25) is 0 Å². The van der Waals surface area contributed by atoms with E-state index in [4.69, 9.17) is 28.9 Å². The van der Waals surface area contributed by atoms with Crippen LogP contribution in [0.1, 0.15) is 39.2 Å². The second kappa shape index (κ2) is 6.49. The van der Waals surface area contributed by atoms with E-state index in [1.165, 1.54) is 0 Å². The topological polar surface area (TPSA) is 50.4 Å². The summed E-state index contributed by atoms with van der Waals surface area (Å²) < 4.78 is 0. The molecule has 19 heavy (non-hydrogen) atoms. The molecule has 0 aliphatic rings. The van der Waals surface area contributed by atoms with Gasteiger partial charge in [-0.05, 0) is 38.5 Å². The summed E-state index contributed by atoms with van der Waals surface area (Å²) >= 11 is 12.3. The zero-order valence-corrected chi connectivity index (χ0v) is 13.3. The lowest BCUT2D eigenvalue weighted by atomic mass is 10.0. The molecule has 3 N–H and O–H groups in total. The average molecular weight is 302 g/mol. The van der Waals surface area contributed by atoms with Crippen molar-refractivity contribution in [3.05, 3.63) is 33.8 Å². The monoisotopic (exact) mass is 301 g/mol. The number of rotatable bonds is 3. The van der Waals surface area contributed by atoms with E-state index >= 15 is 0 Å². The Hall–Kier alpha value is -0.930. The van der Waals surface area contributed by atoms with Crippen molar-refractivity contribution in [1.82, 2.24) is 5.32 Å². The zero-order valence-electron chi connectivity index (χ0n) is 11.8.